The predicted molar refractivity (Wildman–Crippen MR) is 96.0 cm³/mol. The lowest BCUT2D eigenvalue weighted by atomic mass is 9.89. The third-order valence-electron chi connectivity index (χ3n) is 4.56. The number of halogens is 2. The van der Waals surface area contributed by atoms with Crippen molar-refractivity contribution in [3.63, 3.8) is 0 Å². The molecule has 3 rings (SSSR count). The molecule has 4 nitrogen and oxygen atoms in total. The number of benzene rings is 2. The first-order chi connectivity index (χ1) is 12.5. The van der Waals surface area contributed by atoms with Gasteiger partial charge < -0.3 is 10.1 Å². The molecule has 140 valence electrons. The fourth-order valence-corrected chi connectivity index (χ4v) is 4.17. The lowest BCUT2D eigenvalue weighted by molar-refractivity contribution is -0.0238. The van der Waals surface area contributed by atoms with Gasteiger partial charge in [0.2, 0.25) is 9.84 Å². The van der Waals surface area contributed by atoms with E-state index in [1.807, 2.05) is 30.3 Å². The van der Waals surface area contributed by atoms with Crippen LogP contribution in [0.25, 0.3) is 0 Å². The molecule has 0 aliphatic carbocycles. The molecule has 1 saturated heterocycles. The molecule has 0 spiro atoms. The Morgan fingerprint density at radius 1 is 1.08 bits per heavy atom. The summed E-state index contributed by atoms with van der Waals surface area (Å²) >= 11 is 0. The lowest BCUT2D eigenvalue weighted by Gasteiger charge is -2.32. The highest BCUT2D eigenvalue weighted by atomic mass is 32.2. The van der Waals surface area contributed by atoms with Crippen LogP contribution >= 0.6 is 0 Å². The van der Waals surface area contributed by atoms with Crippen LogP contribution < -0.4 is 5.32 Å². The second kappa shape index (κ2) is 8.14. The maximum Gasteiger partial charge on any atom is 0.341 e. The Hall–Kier alpha value is -1.99. The van der Waals surface area contributed by atoms with Crippen molar-refractivity contribution in [2.45, 2.75) is 29.6 Å². The number of sulfone groups is 1. The van der Waals surface area contributed by atoms with Crippen LogP contribution in [0.4, 0.5) is 14.5 Å². The van der Waals surface area contributed by atoms with E-state index in [2.05, 4.69) is 5.32 Å². The summed E-state index contributed by atoms with van der Waals surface area (Å²) < 4.78 is 55.5. The van der Waals surface area contributed by atoms with Crippen molar-refractivity contribution in [2.24, 2.45) is 5.92 Å². The Morgan fingerprint density at radius 2 is 1.77 bits per heavy atom. The van der Waals surface area contributed by atoms with Gasteiger partial charge in [-0.1, -0.05) is 42.5 Å². The van der Waals surface area contributed by atoms with Gasteiger partial charge in [0.25, 0.3) is 0 Å². The van der Waals surface area contributed by atoms with Gasteiger partial charge in [-0.05, 0) is 30.5 Å². The van der Waals surface area contributed by atoms with Gasteiger partial charge in [-0.2, -0.15) is 8.78 Å². The molecule has 2 aromatic carbocycles. The number of rotatable bonds is 6. The van der Waals surface area contributed by atoms with Crippen LogP contribution in [0.3, 0.4) is 0 Å². The quantitative estimate of drug-likeness (QED) is 0.812. The van der Waals surface area contributed by atoms with Crippen molar-refractivity contribution < 1.29 is 21.9 Å². The maximum atomic E-state index is 12.9. The number of anilines is 1. The molecule has 0 radical (unpaired) electrons. The van der Waals surface area contributed by atoms with Crippen LogP contribution in [-0.2, 0) is 14.6 Å². The first-order valence-electron chi connectivity index (χ1n) is 8.51. The van der Waals surface area contributed by atoms with Crippen LogP contribution in [0, 0.1) is 5.92 Å². The molecule has 2 unspecified atom stereocenters. The van der Waals surface area contributed by atoms with Crippen molar-refractivity contribution in [3.8, 4) is 0 Å². The summed E-state index contributed by atoms with van der Waals surface area (Å²) in [5.74, 6) is -3.33. The maximum absolute atomic E-state index is 12.9. The van der Waals surface area contributed by atoms with E-state index >= 15 is 0 Å². The summed E-state index contributed by atoms with van der Waals surface area (Å²) in [5.41, 5.74) is 1.26. The minimum absolute atomic E-state index is 0.101. The zero-order valence-corrected chi connectivity index (χ0v) is 15.0. The van der Waals surface area contributed by atoms with Crippen molar-refractivity contribution in [1.82, 2.24) is 0 Å². The molecule has 2 aromatic rings. The van der Waals surface area contributed by atoms with E-state index < -0.39 is 15.6 Å². The molecule has 1 aliphatic heterocycles. The zero-order chi connectivity index (χ0) is 18.6. The molecule has 1 aliphatic rings. The Kier molecular flexibility index (Phi) is 5.88. The van der Waals surface area contributed by atoms with Crippen LogP contribution in [0.5, 0.6) is 0 Å². The summed E-state index contributed by atoms with van der Waals surface area (Å²) in [5, 5.41) is 3.05. The fraction of sp³-hybridized carbons (Fsp3) is 0.368. The molecule has 1 N–H and O–H groups in total. The highest BCUT2D eigenvalue weighted by Crippen LogP contribution is 2.34. The number of hydrogen-bond donors (Lipinski definition) is 1. The molecular formula is C19H21F2NO3S. The van der Waals surface area contributed by atoms with Gasteiger partial charge in [-0.15, -0.1) is 0 Å². The number of alkyl halides is 2. The highest BCUT2D eigenvalue weighted by Gasteiger charge is 2.30. The number of para-hydroxylation sites is 1. The summed E-state index contributed by atoms with van der Waals surface area (Å²) in [6, 6.07) is 15.6. The highest BCUT2D eigenvalue weighted by molar-refractivity contribution is 7.91. The molecule has 0 amide bonds. The molecular weight excluding hydrogens is 360 g/mol. The first-order valence-corrected chi connectivity index (χ1v) is 10.1. The van der Waals surface area contributed by atoms with Gasteiger partial charge >= 0.3 is 5.76 Å². The third kappa shape index (κ3) is 4.04. The van der Waals surface area contributed by atoms with Gasteiger partial charge in [-0.25, -0.2) is 8.42 Å². The molecule has 1 heterocycles. The molecule has 26 heavy (non-hydrogen) atoms. The first kappa shape index (κ1) is 18.8. The van der Waals surface area contributed by atoms with Gasteiger partial charge in [0, 0.05) is 19.1 Å². The van der Waals surface area contributed by atoms with E-state index in [-0.39, 0.29) is 22.6 Å². The second-order valence-corrected chi connectivity index (χ2v) is 8.17. The molecule has 0 aromatic heterocycles. The Morgan fingerprint density at radius 3 is 2.50 bits per heavy atom. The molecule has 0 saturated carbocycles. The molecule has 2 atom stereocenters. The number of nitrogens with one attached hydrogen (secondary N) is 1. The summed E-state index contributed by atoms with van der Waals surface area (Å²) in [7, 11) is -4.65. The SMILES string of the molecule is O=S(=O)(c1ccccc1NCC1CCCOC1c1ccccc1)C(F)F. The van der Waals surface area contributed by atoms with Gasteiger partial charge in [0.1, 0.15) is 0 Å². The van der Waals surface area contributed by atoms with E-state index in [0.29, 0.717) is 13.2 Å². The fourth-order valence-electron chi connectivity index (χ4n) is 3.26. The van der Waals surface area contributed by atoms with Gasteiger partial charge in [0.05, 0.1) is 16.7 Å². The summed E-state index contributed by atoms with van der Waals surface area (Å²) in [4.78, 5) is -0.372. The second-order valence-electron chi connectivity index (χ2n) is 6.29. The largest absolute Gasteiger partial charge is 0.384 e. The van der Waals surface area contributed by atoms with Gasteiger partial charge in [0.15, 0.2) is 0 Å². The topological polar surface area (TPSA) is 55.4 Å². The van der Waals surface area contributed by atoms with Crippen molar-refractivity contribution >= 4 is 15.5 Å². The predicted octanol–water partition coefficient (Wildman–Crippen LogP) is 4.26. The van der Waals surface area contributed by atoms with Crippen molar-refractivity contribution in [1.29, 1.82) is 0 Å². The van der Waals surface area contributed by atoms with Crippen LogP contribution in [0.1, 0.15) is 24.5 Å². The van der Waals surface area contributed by atoms with E-state index in [0.717, 1.165) is 18.4 Å². The minimum Gasteiger partial charge on any atom is -0.384 e. The smallest absolute Gasteiger partial charge is 0.341 e. The molecule has 1 fully saturated rings. The monoisotopic (exact) mass is 381 g/mol. The standard InChI is InChI=1S/C19H21F2NO3S/c20-19(21)26(23,24)17-11-5-4-10-16(17)22-13-15-9-6-12-25-18(15)14-7-2-1-3-8-14/h1-5,7-8,10-11,15,18-19,22H,6,9,12-13H2. The van der Waals surface area contributed by atoms with Crippen LogP contribution in [0.15, 0.2) is 59.5 Å². The number of hydrogen-bond acceptors (Lipinski definition) is 4. The van der Waals surface area contributed by atoms with Crippen molar-refractivity contribution in [2.75, 3.05) is 18.5 Å². The zero-order valence-electron chi connectivity index (χ0n) is 14.1. The van der Waals surface area contributed by atoms with Gasteiger partial charge in [-0.3, -0.25) is 0 Å². The lowest BCUT2D eigenvalue weighted by Crippen LogP contribution is -2.28. The Bertz CT molecular complexity index is 828. The molecule has 7 heteroatoms. The summed E-state index contributed by atoms with van der Waals surface area (Å²) in [6.07, 6.45) is 1.72. The van der Waals surface area contributed by atoms with E-state index in [1.165, 1.54) is 18.2 Å². The minimum atomic E-state index is -4.65. The van der Waals surface area contributed by atoms with Crippen molar-refractivity contribution in [3.05, 3.63) is 60.2 Å². The average molecular weight is 381 g/mol. The molecule has 0 bridgehead atoms. The summed E-state index contributed by atoms with van der Waals surface area (Å²) in [6.45, 7) is 1.11. The average Bonchev–Trinajstić information content (AvgIpc) is 2.67. The van der Waals surface area contributed by atoms with E-state index in [1.54, 1.807) is 6.07 Å². The third-order valence-corrected chi connectivity index (χ3v) is 5.99. The Labute approximate surface area is 152 Å². The normalized spacial score (nSPS) is 20.9. The Balaban J connectivity index is 1.78. The van der Waals surface area contributed by atoms with E-state index in [4.69, 9.17) is 4.74 Å². The van der Waals surface area contributed by atoms with Crippen LogP contribution in [-0.4, -0.2) is 27.3 Å². The number of ether oxygens (including phenoxy) is 1. The van der Waals surface area contributed by atoms with E-state index in [9.17, 15) is 17.2 Å². The van der Waals surface area contributed by atoms with Crippen LogP contribution in [0.2, 0.25) is 0 Å².